The number of phenolic OH excluding ortho intramolecular Hbond substituents is 1. The van der Waals surface area contributed by atoms with Gasteiger partial charge in [-0.3, -0.25) is 0 Å². The zero-order valence-corrected chi connectivity index (χ0v) is 11.3. The van der Waals surface area contributed by atoms with Crippen LogP contribution in [-0.4, -0.2) is 36.6 Å². The molecule has 1 aliphatic rings. The van der Waals surface area contributed by atoms with E-state index < -0.39 is 21.4 Å². The van der Waals surface area contributed by atoms with Crippen LogP contribution in [0.15, 0.2) is 24.3 Å². The van der Waals surface area contributed by atoms with Gasteiger partial charge in [0.2, 0.25) is 0 Å². The van der Waals surface area contributed by atoms with E-state index in [1.165, 1.54) is 12.1 Å². The number of carbonyl (C=O) groups is 1. The Hall–Kier alpha value is -1.76. The van der Waals surface area contributed by atoms with Crippen molar-refractivity contribution in [1.82, 2.24) is 5.32 Å². The van der Waals surface area contributed by atoms with Crippen molar-refractivity contribution in [2.45, 2.75) is 18.9 Å². The standard InChI is InChI=1S/C12H16N2O4S/c1-12(6-7-19(17,18)8-12)14-11(16)13-9-2-4-10(15)5-3-9/h2-5,15H,6-8H2,1H3,(H2,13,14,16). The second-order valence-electron chi connectivity index (χ2n) is 5.03. The Kier molecular flexibility index (Phi) is 3.40. The van der Waals surface area contributed by atoms with E-state index in [1.807, 2.05) is 0 Å². The second-order valence-corrected chi connectivity index (χ2v) is 7.21. The first-order valence-electron chi connectivity index (χ1n) is 5.87. The number of hydrogen-bond acceptors (Lipinski definition) is 4. The minimum Gasteiger partial charge on any atom is -0.508 e. The maximum absolute atomic E-state index is 11.8. The summed E-state index contributed by atoms with van der Waals surface area (Å²) in [5.41, 5.74) is -0.195. The van der Waals surface area contributed by atoms with E-state index >= 15 is 0 Å². The number of amides is 2. The molecule has 0 spiro atoms. The highest BCUT2D eigenvalue weighted by atomic mass is 32.2. The van der Waals surface area contributed by atoms with Crippen LogP contribution in [0.25, 0.3) is 0 Å². The van der Waals surface area contributed by atoms with Crippen LogP contribution in [0.4, 0.5) is 10.5 Å². The number of carbonyl (C=O) groups excluding carboxylic acids is 1. The molecule has 2 rings (SSSR count). The van der Waals surface area contributed by atoms with Crippen LogP contribution in [0.2, 0.25) is 0 Å². The van der Waals surface area contributed by atoms with Crippen molar-refractivity contribution in [2.24, 2.45) is 0 Å². The van der Waals surface area contributed by atoms with Gasteiger partial charge in [-0.1, -0.05) is 0 Å². The van der Waals surface area contributed by atoms with Crippen LogP contribution >= 0.6 is 0 Å². The van der Waals surface area contributed by atoms with E-state index in [4.69, 9.17) is 5.11 Å². The quantitative estimate of drug-likeness (QED) is 0.708. The van der Waals surface area contributed by atoms with Crippen LogP contribution in [0.5, 0.6) is 5.75 Å². The van der Waals surface area contributed by atoms with Crippen molar-refractivity contribution in [3.63, 3.8) is 0 Å². The molecule has 1 fully saturated rings. The van der Waals surface area contributed by atoms with Crippen molar-refractivity contribution in [2.75, 3.05) is 16.8 Å². The van der Waals surface area contributed by atoms with Crippen molar-refractivity contribution < 1.29 is 18.3 Å². The van der Waals surface area contributed by atoms with E-state index in [2.05, 4.69) is 10.6 Å². The molecule has 0 aromatic heterocycles. The predicted octanol–water partition coefficient (Wildman–Crippen LogP) is 1.09. The number of hydrogen-bond donors (Lipinski definition) is 3. The normalized spacial score (nSPS) is 24.9. The monoisotopic (exact) mass is 284 g/mol. The minimum absolute atomic E-state index is 0.0387. The number of benzene rings is 1. The third-order valence-corrected chi connectivity index (χ3v) is 4.95. The Morgan fingerprint density at radius 3 is 2.47 bits per heavy atom. The van der Waals surface area contributed by atoms with Crippen molar-refractivity contribution in [3.05, 3.63) is 24.3 Å². The highest BCUT2D eigenvalue weighted by molar-refractivity contribution is 7.91. The first-order chi connectivity index (χ1) is 8.78. The summed E-state index contributed by atoms with van der Waals surface area (Å²) >= 11 is 0. The lowest BCUT2D eigenvalue weighted by Gasteiger charge is -2.23. The molecule has 1 atom stereocenters. The number of rotatable bonds is 2. The fourth-order valence-electron chi connectivity index (χ4n) is 2.09. The number of nitrogens with one attached hydrogen (secondary N) is 2. The molecule has 0 radical (unpaired) electrons. The smallest absolute Gasteiger partial charge is 0.319 e. The van der Waals surface area contributed by atoms with E-state index in [1.54, 1.807) is 19.1 Å². The minimum atomic E-state index is -3.05. The molecule has 0 bridgehead atoms. The Labute approximate surface area is 111 Å². The van der Waals surface area contributed by atoms with Gasteiger partial charge >= 0.3 is 6.03 Å². The zero-order valence-electron chi connectivity index (χ0n) is 10.5. The molecule has 1 aromatic rings. The van der Waals surface area contributed by atoms with Crippen LogP contribution in [0.3, 0.4) is 0 Å². The molecular formula is C12H16N2O4S. The highest BCUT2D eigenvalue weighted by Gasteiger charge is 2.39. The first-order valence-corrected chi connectivity index (χ1v) is 7.69. The molecule has 0 aliphatic carbocycles. The molecule has 19 heavy (non-hydrogen) atoms. The van der Waals surface area contributed by atoms with Crippen LogP contribution in [0.1, 0.15) is 13.3 Å². The molecule has 2 amide bonds. The highest BCUT2D eigenvalue weighted by Crippen LogP contribution is 2.23. The molecule has 1 saturated heterocycles. The number of sulfone groups is 1. The van der Waals surface area contributed by atoms with E-state index in [-0.39, 0.29) is 17.3 Å². The lowest BCUT2D eigenvalue weighted by molar-refractivity contribution is 0.242. The molecule has 7 heteroatoms. The maximum Gasteiger partial charge on any atom is 0.319 e. The molecule has 1 aromatic carbocycles. The summed E-state index contributed by atoms with van der Waals surface area (Å²) in [6.45, 7) is 1.72. The van der Waals surface area contributed by atoms with Crippen molar-refractivity contribution in [3.8, 4) is 5.75 Å². The number of phenols is 1. The lowest BCUT2D eigenvalue weighted by Crippen LogP contribution is -2.48. The molecule has 0 saturated carbocycles. The summed E-state index contributed by atoms with van der Waals surface area (Å²) in [7, 11) is -3.05. The molecule has 104 valence electrons. The Bertz CT molecular complexity index is 582. The zero-order chi connectivity index (χ0) is 14.1. The van der Waals surface area contributed by atoms with Gasteiger partial charge in [-0.2, -0.15) is 0 Å². The van der Waals surface area contributed by atoms with Crippen LogP contribution in [-0.2, 0) is 9.84 Å². The van der Waals surface area contributed by atoms with Gasteiger partial charge in [0.1, 0.15) is 5.75 Å². The van der Waals surface area contributed by atoms with Gasteiger partial charge in [0.05, 0.1) is 17.0 Å². The van der Waals surface area contributed by atoms with Crippen molar-refractivity contribution in [1.29, 1.82) is 0 Å². The van der Waals surface area contributed by atoms with E-state index in [0.717, 1.165) is 0 Å². The van der Waals surface area contributed by atoms with Crippen LogP contribution in [0, 0.1) is 0 Å². The Morgan fingerprint density at radius 1 is 1.32 bits per heavy atom. The topological polar surface area (TPSA) is 95.5 Å². The second kappa shape index (κ2) is 4.73. The largest absolute Gasteiger partial charge is 0.508 e. The Balaban J connectivity index is 1.97. The lowest BCUT2D eigenvalue weighted by atomic mass is 10.0. The number of anilines is 1. The molecule has 1 unspecified atom stereocenters. The van der Waals surface area contributed by atoms with Gasteiger partial charge in [0.25, 0.3) is 0 Å². The summed E-state index contributed by atoms with van der Waals surface area (Å²) in [5, 5.41) is 14.4. The summed E-state index contributed by atoms with van der Waals surface area (Å²) < 4.78 is 22.8. The maximum atomic E-state index is 11.8. The predicted molar refractivity (Wildman–Crippen MR) is 71.9 cm³/mol. The number of aromatic hydroxyl groups is 1. The molecular weight excluding hydrogens is 268 g/mol. The number of urea groups is 1. The summed E-state index contributed by atoms with van der Waals surface area (Å²) in [6, 6.07) is 5.57. The molecule has 1 aliphatic heterocycles. The average molecular weight is 284 g/mol. The van der Waals surface area contributed by atoms with Gasteiger partial charge in [0.15, 0.2) is 9.84 Å². The molecule has 3 N–H and O–H groups in total. The van der Waals surface area contributed by atoms with Crippen molar-refractivity contribution >= 4 is 21.6 Å². The Morgan fingerprint density at radius 2 is 1.95 bits per heavy atom. The van der Waals surface area contributed by atoms with Gasteiger partial charge < -0.3 is 15.7 Å². The van der Waals surface area contributed by atoms with E-state index in [9.17, 15) is 13.2 Å². The average Bonchev–Trinajstić information content (AvgIpc) is 2.56. The fourth-order valence-corrected chi connectivity index (χ4v) is 4.18. The molecule has 1 heterocycles. The van der Waals surface area contributed by atoms with Gasteiger partial charge in [-0.15, -0.1) is 0 Å². The first kappa shape index (κ1) is 13.7. The summed E-state index contributed by atoms with van der Waals surface area (Å²) in [5.74, 6) is 0.172. The van der Waals surface area contributed by atoms with Crippen LogP contribution < -0.4 is 10.6 Å². The van der Waals surface area contributed by atoms with Gasteiger partial charge in [-0.25, -0.2) is 13.2 Å². The third kappa shape index (κ3) is 3.60. The third-order valence-electron chi connectivity index (χ3n) is 3.04. The summed E-state index contributed by atoms with van der Waals surface area (Å²) in [4.78, 5) is 11.8. The van der Waals surface area contributed by atoms with E-state index in [0.29, 0.717) is 12.1 Å². The van der Waals surface area contributed by atoms with Gasteiger partial charge in [-0.05, 0) is 37.6 Å². The molecule has 6 nitrogen and oxygen atoms in total. The van der Waals surface area contributed by atoms with Gasteiger partial charge in [0, 0.05) is 5.69 Å². The SMILES string of the molecule is CC1(NC(=O)Nc2ccc(O)cc2)CCS(=O)(=O)C1. The summed E-state index contributed by atoms with van der Waals surface area (Å²) in [6.07, 6.45) is 0.415. The fraction of sp³-hybridized carbons (Fsp3) is 0.417.